The van der Waals surface area contributed by atoms with Gasteiger partial charge in [-0.05, 0) is 67.4 Å². The van der Waals surface area contributed by atoms with E-state index in [0.717, 1.165) is 11.1 Å². The van der Waals surface area contributed by atoms with Crippen molar-refractivity contribution in [2.24, 2.45) is 0 Å². The number of methoxy groups -OCH3 is 1. The lowest BCUT2D eigenvalue weighted by Gasteiger charge is -2.34. The van der Waals surface area contributed by atoms with Crippen molar-refractivity contribution in [1.82, 2.24) is 14.5 Å². The van der Waals surface area contributed by atoms with E-state index in [9.17, 15) is 8.42 Å². The highest BCUT2D eigenvalue weighted by Gasteiger charge is 2.30. The first-order valence-electron chi connectivity index (χ1n) is 10.4. The molecule has 0 radical (unpaired) electrons. The average molecular weight is 507 g/mol. The van der Waals surface area contributed by atoms with Gasteiger partial charge in [-0.25, -0.2) is 8.42 Å². The molecule has 174 valence electrons. The van der Waals surface area contributed by atoms with Crippen LogP contribution in [0.1, 0.15) is 11.1 Å². The van der Waals surface area contributed by atoms with Gasteiger partial charge in [-0.15, -0.1) is 10.2 Å². The average Bonchev–Trinajstić information content (AvgIpc) is 2.80. The minimum Gasteiger partial charge on any atom is -0.496 e. The normalized spacial score (nSPS) is 15.0. The minimum atomic E-state index is -3.61. The number of aromatic nitrogens is 2. The third-order valence-corrected chi connectivity index (χ3v) is 8.32. The molecule has 10 heteroatoms. The van der Waals surface area contributed by atoms with Crippen molar-refractivity contribution >= 4 is 39.0 Å². The molecule has 0 bridgehead atoms. The molecular weight excluding hydrogens is 483 g/mol. The molecule has 4 rings (SSSR count). The lowest BCUT2D eigenvalue weighted by Crippen LogP contribution is -2.49. The number of sulfonamides is 1. The zero-order chi connectivity index (χ0) is 23.8. The van der Waals surface area contributed by atoms with Gasteiger partial charge >= 0.3 is 0 Å². The second kappa shape index (κ2) is 9.46. The van der Waals surface area contributed by atoms with Crippen molar-refractivity contribution in [3.63, 3.8) is 0 Å². The van der Waals surface area contributed by atoms with E-state index < -0.39 is 10.0 Å². The van der Waals surface area contributed by atoms with Gasteiger partial charge in [-0.3, -0.25) is 0 Å². The molecular formula is C23H24Cl2N4O3S. The molecule has 1 aliphatic heterocycles. The van der Waals surface area contributed by atoms with Gasteiger partial charge in [0.2, 0.25) is 10.0 Å². The van der Waals surface area contributed by atoms with Crippen LogP contribution in [0.2, 0.25) is 10.0 Å². The summed E-state index contributed by atoms with van der Waals surface area (Å²) in [5.41, 5.74) is 2.85. The van der Waals surface area contributed by atoms with E-state index in [1.165, 1.54) is 4.31 Å². The molecule has 0 aliphatic carbocycles. The van der Waals surface area contributed by atoms with Crippen LogP contribution >= 0.6 is 23.2 Å². The van der Waals surface area contributed by atoms with Crippen LogP contribution in [0.4, 0.5) is 5.82 Å². The van der Waals surface area contributed by atoms with E-state index in [-0.39, 0.29) is 0 Å². The van der Waals surface area contributed by atoms with Crippen molar-refractivity contribution < 1.29 is 13.2 Å². The number of benzene rings is 2. The van der Waals surface area contributed by atoms with Crippen molar-refractivity contribution in [1.29, 1.82) is 0 Å². The number of halogens is 2. The third kappa shape index (κ3) is 4.80. The zero-order valence-corrected chi connectivity index (χ0v) is 20.9. The summed E-state index contributed by atoms with van der Waals surface area (Å²) in [6, 6.07) is 12.4. The molecule has 0 amide bonds. The Kier molecular flexibility index (Phi) is 6.81. The Morgan fingerprint density at radius 2 is 1.64 bits per heavy atom. The van der Waals surface area contributed by atoms with Crippen LogP contribution in [-0.2, 0) is 10.0 Å². The Bertz CT molecular complexity index is 1280. The molecule has 0 atom stereocenters. The number of anilines is 1. The fourth-order valence-electron chi connectivity index (χ4n) is 3.89. The number of piperazine rings is 1. The molecule has 1 saturated heterocycles. The number of hydrogen-bond acceptors (Lipinski definition) is 6. The topological polar surface area (TPSA) is 75.6 Å². The second-order valence-corrected chi connectivity index (χ2v) is 10.6. The molecule has 1 fully saturated rings. The summed E-state index contributed by atoms with van der Waals surface area (Å²) in [6.45, 7) is 5.38. The Morgan fingerprint density at radius 1 is 0.909 bits per heavy atom. The molecule has 0 saturated carbocycles. The molecule has 33 heavy (non-hydrogen) atoms. The molecule has 2 heterocycles. The van der Waals surface area contributed by atoms with Crippen LogP contribution in [0.5, 0.6) is 5.75 Å². The predicted octanol–water partition coefficient (Wildman–Crippen LogP) is 4.59. The summed E-state index contributed by atoms with van der Waals surface area (Å²) in [7, 11) is -2.03. The highest BCUT2D eigenvalue weighted by molar-refractivity contribution is 7.89. The maximum atomic E-state index is 13.3. The number of nitrogens with zero attached hydrogens (tertiary/aromatic N) is 4. The molecule has 0 N–H and O–H groups in total. The molecule has 3 aromatic rings. The van der Waals surface area contributed by atoms with Crippen LogP contribution in [-0.4, -0.2) is 56.2 Å². The maximum Gasteiger partial charge on any atom is 0.243 e. The third-order valence-electron chi connectivity index (χ3n) is 5.73. The SMILES string of the molecule is COc1cc(C)c(S(=O)(=O)N2CCN(c3ccc(-c4ccc(Cl)cc4Cl)nn3)CC2)cc1C. The standard InChI is InChI=1S/C23H24Cl2N4O3S/c1-15-13-22(16(2)12-21(15)32-3)33(30,31)29-10-8-28(9-11-29)23-7-6-20(26-27-23)18-5-4-17(24)14-19(18)25/h4-7,12-14H,8-11H2,1-3H3. The Balaban J connectivity index is 1.47. The van der Waals surface area contributed by atoms with Crippen molar-refractivity contribution in [3.8, 4) is 17.0 Å². The second-order valence-electron chi connectivity index (χ2n) is 7.88. The maximum absolute atomic E-state index is 13.3. The Labute approximate surface area is 204 Å². The number of ether oxygens (including phenoxy) is 1. The molecule has 2 aromatic carbocycles. The summed E-state index contributed by atoms with van der Waals surface area (Å²) >= 11 is 12.2. The lowest BCUT2D eigenvalue weighted by atomic mass is 10.1. The van der Waals surface area contributed by atoms with Crippen LogP contribution in [0.25, 0.3) is 11.3 Å². The number of aryl methyl sites for hydroxylation is 2. The quantitative estimate of drug-likeness (QED) is 0.503. The van der Waals surface area contributed by atoms with Crippen molar-refractivity contribution in [3.05, 3.63) is 63.6 Å². The lowest BCUT2D eigenvalue weighted by molar-refractivity contribution is 0.382. The van der Waals surface area contributed by atoms with Gasteiger partial charge in [-0.2, -0.15) is 4.31 Å². The Hall–Kier alpha value is -2.39. The summed E-state index contributed by atoms with van der Waals surface area (Å²) in [5.74, 6) is 1.37. The first-order valence-corrected chi connectivity index (χ1v) is 12.6. The van der Waals surface area contributed by atoms with E-state index in [2.05, 4.69) is 10.2 Å². The van der Waals surface area contributed by atoms with E-state index in [1.807, 2.05) is 24.0 Å². The summed E-state index contributed by atoms with van der Waals surface area (Å²) in [4.78, 5) is 2.34. The van der Waals surface area contributed by atoms with Crippen molar-refractivity contribution in [2.75, 3.05) is 38.2 Å². The smallest absolute Gasteiger partial charge is 0.243 e. The van der Waals surface area contributed by atoms with Crippen LogP contribution in [0.15, 0.2) is 47.4 Å². The molecule has 7 nitrogen and oxygen atoms in total. The van der Waals surface area contributed by atoms with E-state index in [1.54, 1.807) is 44.4 Å². The largest absolute Gasteiger partial charge is 0.496 e. The van der Waals surface area contributed by atoms with Gasteiger partial charge in [0.15, 0.2) is 5.82 Å². The molecule has 1 aromatic heterocycles. The van der Waals surface area contributed by atoms with Crippen molar-refractivity contribution in [2.45, 2.75) is 18.7 Å². The predicted molar refractivity (Wildman–Crippen MR) is 131 cm³/mol. The van der Waals surface area contributed by atoms with Gasteiger partial charge < -0.3 is 9.64 Å². The van der Waals surface area contributed by atoms with Gasteiger partial charge in [0.25, 0.3) is 0 Å². The fraction of sp³-hybridized carbons (Fsp3) is 0.304. The summed E-state index contributed by atoms with van der Waals surface area (Å²) in [5, 5.41) is 9.70. The van der Waals surface area contributed by atoms with Crippen LogP contribution in [0, 0.1) is 13.8 Å². The molecule has 1 aliphatic rings. The van der Waals surface area contributed by atoms with E-state index in [0.29, 0.717) is 63.9 Å². The summed E-state index contributed by atoms with van der Waals surface area (Å²) < 4.78 is 33.4. The first kappa shape index (κ1) is 23.8. The minimum absolute atomic E-state index is 0.318. The van der Waals surface area contributed by atoms with E-state index in [4.69, 9.17) is 27.9 Å². The van der Waals surface area contributed by atoms with Gasteiger partial charge in [-0.1, -0.05) is 23.2 Å². The van der Waals surface area contributed by atoms with E-state index >= 15 is 0 Å². The zero-order valence-electron chi connectivity index (χ0n) is 18.5. The van der Waals surface area contributed by atoms with Gasteiger partial charge in [0.05, 0.1) is 22.7 Å². The first-order chi connectivity index (χ1) is 15.7. The summed E-state index contributed by atoms with van der Waals surface area (Å²) in [6.07, 6.45) is 0. The molecule has 0 spiro atoms. The highest BCUT2D eigenvalue weighted by atomic mass is 35.5. The highest BCUT2D eigenvalue weighted by Crippen LogP contribution is 2.30. The van der Waals surface area contributed by atoms with Crippen LogP contribution in [0.3, 0.4) is 0 Å². The van der Waals surface area contributed by atoms with Gasteiger partial charge in [0.1, 0.15) is 5.75 Å². The fourth-order valence-corrected chi connectivity index (χ4v) is 6.11. The number of rotatable bonds is 5. The van der Waals surface area contributed by atoms with Gasteiger partial charge in [0, 0.05) is 36.8 Å². The monoisotopic (exact) mass is 506 g/mol. The van der Waals surface area contributed by atoms with Crippen LogP contribution < -0.4 is 9.64 Å². The Morgan fingerprint density at radius 3 is 2.24 bits per heavy atom. The number of hydrogen-bond donors (Lipinski definition) is 0. The molecule has 0 unspecified atom stereocenters.